The summed E-state index contributed by atoms with van der Waals surface area (Å²) in [7, 11) is 1.65. The number of hydrogen-bond acceptors (Lipinski definition) is 6. The number of carbonyl (C=O) groups excluding carboxylic acids is 1. The molecule has 1 aliphatic rings. The minimum Gasteiger partial charge on any atom is -0.359 e. The Balaban J connectivity index is 1.74. The molecule has 132 valence electrons. The van der Waals surface area contributed by atoms with Crippen LogP contribution in [0.1, 0.15) is 42.4 Å². The summed E-state index contributed by atoms with van der Waals surface area (Å²) in [4.78, 5) is 31.6. The number of anilines is 1. The summed E-state index contributed by atoms with van der Waals surface area (Å²) in [6.45, 7) is 3.73. The van der Waals surface area contributed by atoms with Gasteiger partial charge in [0.2, 0.25) is 11.9 Å². The van der Waals surface area contributed by atoms with Crippen LogP contribution in [-0.4, -0.2) is 46.0 Å². The van der Waals surface area contributed by atoms with Crippen molar-refractivity contribution in [3.8, 4) is 0 Å². The molecule has 7 nitrogen and oxygen atoms in total. The minimum atomic E-state index is 0.0304. The van der Waals surface area contributed by atoms with Gasteiger partial charge in [0, 0.05) is 56.3 Å². The first kappa shape index (κ1) is 17.3. The zero-order valence-corrected chi connectivity index (χ0v) is 14.8. The van der Waals surface area contributed by atoms with Crippen molar-refractivity contribution >= 4 is 11.9 Å². The molecule has 0 saturated carbocycles. The Morgan fingerprint density at radius 1 is 1.32 bits per heavy atom. The van der Waals surface area contributed by atoms with Gasteiger partial charge in [-0.05, 0) is 38.3 Å². The molecule has 2 aromatic heterocycles. The summed E-state index contributed by atoms with van der Waals surface area (Å²) in [6, 6.07) is 3.88. The van der Waals surface area contributed by atoms with Crippen LogP contribution in [0.15, 0.2) is 24.5 Å². The molecule has 0 radical (unpaired) electrons. The summed E-state index contributed by atoms with van der Waals surface area (Å²) in [5, 5.41) is 2.65. The van der Waals surface area contributed by atoms with Crippen molar-refractivity contribution in [3.63, 3.8) is 0 Å². The molecule has 1 fully saturated rings. The molecular weight excluding hydrogens is 316 g/mol. The third kappa shape index (κ3) is 4.49. The molecule has 1 N–H and O–H groups in total. The van der Waals surface area contributed by atoms with E-state index < -0.39 is 0 Å². The molecule has 3 rings (SSSR count). The molecule has 1 amide bonds. The number of amides is 1. The normalized spacial score (nSPS) is 17.4. The van der Waals surface area contributed by atoms with Crippen LogP contribution in [0.25, 0.3) is 0 Å². The van der Waals surface area contributed by atoms with Gasteiger partial charge < -0.3 is 10.2 Å². The number of hydrogen-bond donors (Lipinski definition) is 1. The maximum Gasteiger partial charge on any atom is 0.225 e. The van der Waals surface area contributed by atoms with Crippen LogP contribution in [0.2, 0.25) is 0 Å². The molecule has 7 heteroatoms. The molecule has 0 aliphatic carbocycles. The van der Waals surface area contributed by atoms with E-state index in [1.165, 1.54) is 0 Å². The van der Waals surface area contributed by atoms with Crippen LogP contribution in [0.3, 0.4) is 0 Å². The highest BCUT2D eigenvalue weighted by atomic mass is 16.1. The van der Waals surface area contributed by atoms with Gasteiger partial charge in [0.1, 0.15) is 5.82 Å². The number of aryl methyl sites for hydroxylation is 2. The van der Waals surface area contributed by atoms with E-state index in [-0.39, 0.29) is 5.91 Å². The van der Waals surface area contributed by atoms with E-state index in [0.29, 0.717) is 18.8 Å². The van der Waals surface area contributed by atoms with E-state index in [1.807, 2.05) is 13.0 Å². The van der Waals surface area contributed by atoms with Crippen LogP contribution < -0.4 is 10.2 Å². The lowest BCUT2D eigenvalue weighted by Crippen LogP contribution is -2.36. The number of aromatic nitrogens is 4. The average Bonchev–Trinajstić information content (AvgIpc) is 2.66. The summed E-state index contributed by atoms with van der Waals surface area (Å²) in [5.74, 6) is 1.90. The lowest BCUT2D eigenvalue weighted by atomic mass is 9.94. The number of nitrogens with one attached hydrogen (secondary N) is 1. The second-order valence-corrected chi connectivity index (χ2v) is 6.34. The highest BCUT2D eigenvalue weighted by Crippen LogP contribution is 2.27. The summed E-state index contributed by atoms with van der Waals surface area (Å²) >= 11 is 0. The molecule has 0 spiro atoms. The standard InChI is InChI=1S/C18H24N6O/c1-13-22-15(6-7-17(25)19-2)11-16(23-13)14-5-3-10-24(12-14)18-20-8-4-9-21-18/h4,8-9,11,14H,3,5-7,10,12H2,1-2H3,(H,19,25). The molecule has 25 heavy (non-hydrogen) atoms. The van der Waals surface area contributed by atoms with E-state index >= 15 is 0 Å². The van der Waals surface area contributed by atoms with Gasteiger partial charge in [-0.2, -0.15) is 0 Å². The second-order valence-electron chi connectivity index (χ2n) is 6.34. The molecule has 1 aliphatic heterocycles. The van der Waals surface area contributed by atoms with Crippen LogP contribution >= 0.6 is 0 Å². The van der Waals surface area contributed by atoms with Gasteiger partial charge in [-0.3, -0.25) is 4.79 Å². The minimum absolute atomic E-state index is 0.0304. The van der Waals surface area contributed by atoms with Crippen molar-refractivity contribution in [1.29, 1.82) is 0 Å². The summed E-state index contributed by atoms with van der Waals surface area (Å²) in [5.41, 5.74) is 1.99. The van der Waals surface area contributed by atoms with Gasteiger partial charge in [-0.15, -0.1) is 0 Å². The molecule has 3 heterocycles. The van der Waals surface area contributed by atoms with E-state index in [1.54, 1.807) is 19.4 Å². The van der Waals surface area contributed by atoms with Crippen molar-refractivity contribution in [2.24, 2.45) is 0 Å². The van der Waals surface area contributed by atoms with Gasteiger partial charge in [0.15, 0.2) is 0 Å². The zero-order valence-electron chi connectivity index (χ0n) is 14.8. The van der Waals surface area contributed by atoms with Crippen LogP contribution in [-0.2, 0) is 11.2 Å². The third-order valence-corrected chi connectivity index (χ3v) is 4.47. The van der Waals surface area contributed by atoms with E-state index in [9.17, 15) is 4.79 Å². The topological polar surface area (TPSA) is 83.9 Å². The molecule has 1 unspecified atom stereocenters. The number of rotatable bonds is 5. The van der Waals surface area contributed by atoms with Crippen molar-refractivity contribution in [2.45, 2.75) is 38.5 Å². The predicted octanol–water partition coefficient (Wildman–Crippen LogP) is 1.64. The van der Waals surface area contributed by atoms with Crippen molar-refractivity contribution in [3.05, 3.63) is 41.7 Å². The fourth-order valence-electron chi connectivity index (χ4n) is 3.21. The van der Waals surface area contributed by atoms with E-state index in [2.05, 4.69) is 36.2 Å². The molecule has 2 aromatic rings. The second kappa shape index (κ2) is 8.00. The van der Waals surface area contributed by atoms with Gasteiger partial charge in [-0.1, -0.05) is 0 Å². The van der Waals surface area contributed by atoms with Crippen LogP contribution in [0, 0.1) is 6.92 Å². The van der Waals surface area contributed by atoms with Gasteiger partial charge in [0.05, 0.1) is 0 Å². The fourth-order valence-corrected chi connectivity index (χ4v) is 3.21. The van der Waals surface area contributed by atoms with Crippen molar-refractivity contribution in [1.82, 2.24) is 25.3 Å². The van der Waals surface area contributed by atoms with Gasteiger partial charge in [0.25, 0.3) is 0 Å². The monoisotopic (exact) mass is 340 g/mol. The SMILES string of the molecule is CNC(=O)CCc1cc(C2CCCN(c3ncccn3)C2)nc(C)n1. The van der Waals surface area contributed by atoms with Gasteiger partial charge in [-0.25, -0.2) is 19.9 Å². The smallest absolute Gasteiger partial charge is 0.225 e. The first-order valence-corrected chi connectivity index (χ1v) is 8.72. The Kier molecular flexibility index (Phi) is 5.53. The number of nitrogens with zero attached hydrogens (tertiary/aromatic N) is 5. The third-order valence-electron chi connectivity index (χ3n) is 4.47. The van der Waals surface area contributed by atoms with Gasteiger partial charge >= 0.3 is 0 Å². The molecular formula is C18H24N6O. The molecule has 0 aromatic carbocycles. The Bertz CT molecular complexity index is 721. The maximum atomic E-state index is 11.5. The lowest BCUT2D eigenvalue weighted by Gasteiger charge is -2.32. The van der Waals surface area contributed by atoms with E-state index in [0.717, 1.165) is 49.1 Å². The van der Waals surface area contributed by atoms with Crippen molar-refractivity contribution in [2.75, 3.05) is 25.0 Å². The Hall–Kier alpha value is -2.57. The Morgan fingerprint density at radius 3 is 2.88 bits per heavy atom. The van der Waals surface area contributed by atoms with Crippen LogP contribution in [0.4, 0.5) is 5.95 Å². The quantitative estimate of drug-likeness (QED) is 0.891. The Labute approximate surface area is 147 Å². The molecule has 1 atom stereocenters. The maximum absolute atomic E-state index is 11.5. The average molecular weight is 340 g/mol. The summed E-state index contributed by atoms with van der Waals surface area (Å²) in [6.07, 6.45) is 6.80. The van der Waals surface area contributed by atoms with E-state index in [4.69, 9.17) is 0 Å². The Morgan fingerprint density at radius 2 is 2.12 bits per heavy atom. The molecule has 1 saturated heterocycles. The lowest BCUT2D eigenvalue weighted by molar-refractivity contribution is -0.120. The first-order chi connectivity index (χ1) is 12.2. The zero-order chi connectivity index (χ0) is 17.6. The largest absolute Gasteiger partial charge is 0.359 e. The highest BCUT2D eigenvalue weighted by molar-refractivity contribution is 5.75. The highest BCUT2D eigenvalue weighted by Gasteiger charge is 2.24. The predicted molar refractivity (Wildman–Crippen MR) is 95.4 cm³/mol. The van der Waals surface area contributed by atoms with Crippen molar-refractivity contribution < 1.29 is 4.79 Å². The first-order valence-electron chi connectivity index (χ1n) is 8.72. The van der Waals surface area contributed by atoms with Crippen LogP contribution in [0.5, 0.6) is 0 Å². The number of carbonyl (C=O) groups is 1. The molecule has 0 bridgehead atoms. The summed E-state index contributed by atoms with van der Waals surface area (Å²) < 4.78 is 0. The fraction of sp³-hybridized carbons (Fsp3) is 0.500. The number of piperidine rings is 1.